The molecule has 0 fully saturated rings. The smallest absolute Gasteiger partial charge is 0.216 e. The predicted octanol–water partition coefficient (Wildman–Crippen LogP) is 1.93. The van der Waals surface area contributed by atoms with Gasteiger partial charge in [-0.3, -0.25) is 4.79 Å². The zero-order valence-corrected chi connectivity index (χ0v) is 10.5. The fourth-order valence-corrected chi connectivity index (χ4v) is 1.74. The number of para-hydroxylation sites is 1. The Labute approximate surface area is 105 Å². The third-order valence-corrected chi connectivity index (χ3v) is 2.58. The SMILES string of the molecule is CCOc1ccccc1C(=O)c1cnnn1CC. The van der Waals surface area contributed by atoms with Crippen LogP contribution < -0.4 is 4.74 Å². The number of benzene rings is 1. The quantitative estimate of drug-likeness (QED) is 0.755. The lowest BCUT2D eigenvalue weighted by Gasteiger charge is -2.09. The summed E-state index contributed by atoms with van der Waals surface area (Å²) in [5, 5.41) is 7.63. The van der Waals surface area contributed by atoms with Crippen molar-refractivity contribution in [2.45, 2.75) is 20.4 Å². The molecule has 0 saturated carbocycles. The first-order valence-corrected chi connectivity index (χ1v) is 5.93. The van der Waals surface area contributed by atoms with Gasteiger partial charge >= 0.3 is 0 Å². The average molecular weight is 245 g/mol. The molecule has 5 heteroatoms. The number of ketones is 1. The topological polar surface area (TPSA) is 57.0 Å². The summed E-state index contributed by atoms with van der Waals surface area (Å²) < 4.78 is 7.03. The van der Waals surface area contributed by atoms with Gasteiger partial charge in [-0.2, -0.15) is 0 Å². The van der Waals surface area contributed by atoms with Crippen molar-refractivity contribution in [2.75, 3.05) is 6.61 Å². The second kappa shape index (κ2) is 5.44. The van der Waals surface area contributed by atoms with Crippen molar-refractivity contribution >= 4 is 5.78 Å². The highest BCUT2D eigenvalue weighted by Crippen LogP contribution is 2.21. The van der Waals surface area contributed by atoms with Crippen molar-refractivity contribution in [3.8, 4) is 5.75 Å². The number of carbonyl (C=O) groups is 1. The van der Waals surface area contributed by atoms with Crippen LogP contribution in [0, 0.1) is 0 Å². The minimum Gasteiger partial charge on any atom is -0.493 e. The maximum atomic E-state index is 12.4. The maximum absolute atomic E-state index is 12.4. The van der Waals surface area contributed by atoms with E-state index in [4.69, 9.17) is 4.74 Å². The largest absolute Gasteiger partial charge is 0.493 e. The summed E-state index contributed by atoms with van der Waals surface area (Å²) >= 11 is 0. The second-order valence-corrected chi connectivity index (χ2v) is 3.69. The highest BCUT2D eigenvalue weighted by atomic mass is 16.5. The molecule has 5 nitrogen and oxygen atoms in total. The van der Waals surface area contributed by atoms with E-state index in [1.165, 1.54) is 6.20 Å². The van der Waals surface area contributed by atoms with E-state index in [-0.39, 0.29) is 5.78 Å². The van der Waals surface area contributed by atoms with Gasteiger partial charge < -0.3 is 4.74 Å². The molecule has 1 aromatic carbocycles. The highest BCUT2D eigenvalue weighted by molar-refractivity contribution is 6.09. The molecule has 1 aromatic heterocycles. The van der Waals surface area contributed by atoms with Crippen LogP contribution in [-0.4, -0.2) is 27.4 Å². The first kappa shape index (κ1) is 12.3. The van der Waals surface area contributed by atoms with Crippen LogP contribution in [-0.2, 0) is 6.54 Å². The van der Waals surface area contributed by atoms with Gasteiger partial charge in [0.25, 0.3) is 0 Å². The van der Waals surface area contributed by atoms with Crippen LogP contribution in [0.15, 0.2) is 30.5 Å². The average Bonchev–Trinajstić information content (AvgIpc) is 2.87. The van der Waals surface area contributed by atoms with Crippen LogP contribution in [0.2, 0.25) is 0 Å². The molecule has 18 heavy (non-hydrogen) atoms. The van der Waals surface area contributed by atoms with Gasteiger partial charge in [-0.25, -0.2) is 4.68 Å². The summed E-state index contributed by atoms with van der Waals surface area (Å²) in [6.07, 6.45) is 1.48. The van der Waals surface area contributed by atoms with Gasteiger partial charge in [-0.05, 0) is 26.0 Å². The van der Waals surface area contributed by atoms with Crippen molar-refractivity contribution in [3.05, 3.63) is 41.7 Å². The van der Waals surface area contributed by atoms with E-state index < -0.39 is 0 Å². The third kappa shape index (κ3) is 2.25. The molecule has 0 amide bonds. The lowest BCUT2D eigenvalue weighted by atomic mass is 10.1. The van der Waals surface area contributed by atoms with Crippen LogP contribution >= 0.6 is 0 Å². The summed E-state index contributed by atoms with van der Waals surface area (Å²) in [6, 6.07) is 7.20. The molecule has 0 aliphatic heterocycles. The number of aryl methyl sites for hydroxylation is 1. The molecule has 94 valence electrons. The van der Waals surface area contributed by atoms with Gasteiger partial charge in [0.05, 0.1) is 18.4 Å². The van der Waals surface area contributed by atoms with Crippen LogP contribution in [0.4, 0.5) is 0 Å². The second-order valence-electron chi connectivity index (χ2n) is 3.69. The van der Waals surface area contributed by atoms with Gasteiger partial charge in [0.2, 0.25) is 5.78 Å². The number of aromatic nitrogens is 3. The zero-order chi connectivity index (χ0) is 13.0. The van der Waals surface area contributed by atoms with Crippen molar-refractivity contribution in [1.29, 1.82) is 0 Å². The lowest BCUT2D eigenvalue weighted by Crippen LogP contribution is -2.12. The van der Waals surface area contributed by atoms with Gasteiger partial charge in [-0.15, -0.1) is 5.10 Å². The summed E-state index contributed by atoms with van der Waals surface area (Å²) in [4.78, 5) is 12.4. The van der Waals surface area contributed by atoms with E-state index in [1.54, 1.807) is 16.8 Å². The normalized spacial score (nSPS) is 10.3. The number of nitrogens with zero attached hydrogens (tertiary/aromatic N) is 3. The first-order chi connectivity index (χ1) is 8.77. The molecule has 0 unspecified atom stereocenters. The van der Waals surface area contributed by atoms with E-state index in [0.29, 0.717) is 30.2 Å². The van der Waals surface area contributed by atoms with Crippen molar-refractivity contribution < 1.29 is 9.53 Å². The Morgan fingerprint density at radius 1 is 1.33 bits per heavy atom. The summed E-state index contributed by atoms with van der Waals surface area (Å²) in [5.74, 6) is 0.472. The monoisotopic (exact) mass is 245 g/mol. The number of rotatable bonds is 5. The summed E-state index contributed by atoms with van der Waals surface area (Å²) in [7, 11) is 0. The first-order valence-electron chi connectivity index (χ1n) is 5.93. The molecule has 0 aliphatic carbocycles. The molecule has 2 rings (SSSR count). The van der Waals surface area contributed by atoms with Crippen molar-refractivity contribution in [3.63, 3.8) is 0 Å². The number of carbonyl (C=O) groups excluding carboxylic acids is 1. The Kier molecular flexibility index (Phi) is 3.72. The van der Waals surface area contributed by atoms with Gasteiger partial charge in [-0.1, -0.05) is 17.3 Å². The van der Waals surface area contributed by atoms with Crippen molar-refractivity contribution in [2.24, 2.45) is 0 Å². The molecule has 0 bridgehead atoms. The third-order valence-electron chi connectivity index (χ3n) is 2.58. The molecule has 1 heterocycles. The molecule has 0 N–H and O–H groups in total. The molecule has 0 aliphatic rings. The fraction of sp³-hybridized carbons (Fsp3) is 0.308. The van der Waals surface area contributed by atoms with Crippen LogP contribution in [0.3, 0.4) is 0 Å². The summed E-state index contributed by atoms with van der Waals surface area (Å²) in [6.45, 7) is 4.94. The molecule has 0 atom stereocenters. The zero-order valence-electron chi connectivity index (χ0n) is 10.5. The Hall–Kier alpha value is -2.17. The standard InChI is InChI=1S/C13H15N3O2/c1-3-16-11(9-14-15-16)13(17)10-7-5-6-8-12(10)18-4-2/h5-9H,3-4H2,1-2H3. The molecule has 0 radical (unpaired) electrons. The summed E-state index contributed by atoms with van der Waals surface area (Å²) in [5.41, 5.74) is 1.01. The molecule has 0 spiro atoms. The molecule has 2 aromatic rings. The van der Waals surface area contributed by atoms with E-state index in [1.807, 2.05) is 26.0 Å². The van der Waals surface area contributed by atoms with E-state index in [2.05, 4.69) is 10.3 Å². The molecular formula is C13H15N3O2. The van der Waals surface area contributed by atoms with Crippen LogP contribution in [0.1, 0.15) is 29.9 Å². The number of ether oxygens (including phenoxy) is 1. The number of hydrogen-bond donors (Lipinski definition) is 0. The van der Waals surface area contributed by atoms with Crippen molar-refractivity contribution in [1.82, 2.24) is 15.0 Å². The lowest BCUT2D eigenvalue weighted by molar-refractivity contribution is 0.102. The fourth-order valence-electron chi connectivity index (χ4n) is 1.74. The predicted molar refractivity (Wildman–Crippen MR) is 66.7 cm³/mol. The Bertz CT molecular complexity index is 549. The van der Waals surface area contributed by atoms with E-state index >= 15 is 0 Å². The Morgan fingerprint density at radius 2 is 2.11 bits per heavy atom. The maximum Gasteiger partial charge on any atom is 0.216 e. The van der Waals surface area contributed by atoms with Gasteiger partial charge in [0.1, 0.15) is 11.4 Å². The Morgan fingerprint density at radius 3 is 2.83 bits per heavy atom. The molecular weight excluding hydrogens is 230 g/mol. The minimum atomic E-state index is -0.120. The van der Waals surface area contributed by atoms with E-state index in [0.717, 1.165) is 0 Å². The van der Waals surface area contributed by atoms with Gasteiger partial charge in [0.15, 0.2) is 0 Å². The highest BCUT2D eigenvalue weighted by Gasteiger charge is 2.18. The minimum absolute atomic E-state index is 0.120. The van der Waals surface area contributed by atoms with Crippen LogP contribution in [0.5, 0.6) is 5.75 Å². The van der Waals surface area contributed by atoms with Crippen LogP contribution in [0.25, 0.3) is 0 Å². The Balaban J connectivity index is 2.40. The van der Waals surface area contributed by atoms with E-state index in [9.17, 15) is 4.79 Å². The van der Waals surface area contributed by atoms with Gasteiger partial charge in [0, 0.05) is 6.54 Å². The number of hydrogen-bond acceptors (Lipinski definition) is 4. The molecule has 0 saturated heterocycles.